The van der Waals surface area contributed by atoms with E-state index < -0.39 is 6.10 Å². The van der Waals surface area contributed by atoms with Crippen LogP contribution in [0.25, 0.3) is 0 Å². The number of β-amino-alcohol motifs (C(OH)–C–C–N with tert-alkyl or cyclic N) is 1. The Kier molecular flexibility index (Phi) is 4.24. The van der Waals surface area contributed by atoms with Crippen molar-refractivity contribution in [2.24, 2.45) is 13.0 Å². The molecule has 2 atom stereocenters. The summed E-state index contributed by atoms with van der Waals surface area (Å²) in [5.41, 5.74) is 0. The van der Waals surface area contributed by atoms with Crippen molar-refractivity contribution in [2.75, 3.05) is 32.8 Å². The van der Waals surface area contributed by atoms with Crippen LogP contribution in [0.5, 0.6) is 5.75 Å². The number of likely N-dealkylation sites (tertiary alicyclic amines) is 1. The fourth-order valence-electron chi connectivity index (χ4n) is 3.03. The number of hydrogen-bond donors (Lipinski definition) is 1. The third-order valence-corrected chi connectivity index (χ3v) is 4.14. The monoisotopic (exact) mass is 281 g/mol. The van der Waals surface area contributed by atoms with Crippen LogP contribution in [0, 0.1) is 5.92 Å². The maximum atomic E-state index is 10.1. The second kappa shape index (κ2) is 6.11. The van der Waals surface area contributed by atoms with E-state index in [-0.39, 0.29) is 6.10 Å². The van der Waals surface area contributed by atoms with Crippen molar-refractivity contribution in [2.45, 2.75) is 25.0 Å². The maximum Gasteiger partial charge on any atom is 0.157 e. The summed E-state index contributed by atoms with van der Waals surface area (Å²) in [6.45, 7) is 4.26. The van der Waals surface area contributed by atoms with Crippen LogP contribution in [0.2, 0.25) is 0 Å². The first-order valence-electron chi connectivity index (χ1n) is 7.34. The molecule has 3 rings (SSSR count). The van der Waals surface area contributed by atoms with E-state index in [4.69, 9.17) is 9.47 Å². The molecule has 0 unspecified atom stereocenters. The van der Waals surface area contributed by atoms with Gasteiger partial charge in [-0.25, -0.2) is 0 Å². The Morgan fingerprint density at radius 1 is 1.40 bits per heavy atom. The van der Waals surface area contributed by atoms with Crippen molar-refractivity contribution in [3.8, 4) is 5.75 Å². The van der Waals surface area contributed by atoms with E-state index in [1.54, 1.807) is 10.9 Å². The highest BCUT2D eigenvalue weighted by Gasteiger charge is 2.34. The van der Waals surface area contributed by atoms with Crippen LogP contribution >= 0.6 is 0 Å². The molecule has 0 aromatic carbocycles. The van der Waals surface area contributed by atoms with Gasteiger partial charge in [-0.15, -0.1) is 0 Å². The minimum absolute atomic E-state index is 0.154. The standard InChI is InChI=1S/C14H23N3O3/c1-16-8-12(6-15-16)20-14-10-17(9-13(14)18)7-11-2-4-19-5-3-11/h6,8,11,13-14,18H,2-5,7,9-10H2,1H3/t13-,14-/m1/s1. The van der Waals surface area contributed by atoms with Crippen LogP contribution < -0.4 is 4.74 Å². The van der Waals surface area contributed by atoms with Gasteiger partial charge in [-0.3, -0.25) is 9.58 Å². The maximum absolute atomic E-state index is 10.1. The molecule has 0 radical (unpaired) electrons. The Morgan fingerprint density at radius 2 is 2.20 bits per heavy atom. The summed E-state index contributed by atoms with van der Waals surface area (Å²) in [4.78, 5) is 2.31. The molecule has 0 amide bonds. The van der Waals surface area contributed by atoms with Crippen LogP contribution in [0.1, 0.15) is 12.8 Å². The highest BCUT2D eigenvalue weighted by molar-refractivity contribution is 5.12. The fraction of sp³-hybridized carbons (Fsp3) is 0.786. The van der Waals surface area contributed by atoms with Crippen LogP contribution in [-0.4, -0.2) is 64.8 Å². The molecule has 2 aliphatic heterocycles. The average Bonchev–Trinajstić information content (AvgIpc) is 2.98. The van der Waals surface area contributed by atoms with Gasteiger partial charge in [0.25, 0.3) is 0 Å². The topological polar surface area (TPSA) is 59.8 Å². The van der Waals surface area contributed by atoms with Gasteiger partial charge in [-0.2, -0.15) is 5.10 Å². The molecule has 1 aromatic rings. The first kappa shape index (κ1) is 13.9. The normalized spacial score (nSPS) is 28.9. The van der Waals surface area contributed by atoms with Crippen molar-refractivity contribution in [3.63, 3.8) is 0 Å². The highest BCUT2D eigenvalue weighted by Crippen LogP contribution is 2.22. The summed E-state index contributed by atoms with van der Waals surface area (Å²) in [5.74, 6) is 1.41. The van der Waals surface area contributed by atoms with Gasteiger partial charge in [-0.05, 0) is 18.8 Å². The van der Waals surface area contributed by atoms with Crippen molar-refractivity contribution in [3.05, 3.63) is 12.4 Å². The Hall–Kier alpha value is -1.11. The summed E-state index contributed by atoms with van der Waals surface area (Å²) in [7, 11) is 1.86. The number of aromatic nitrogens is 2. The van der Waals surface area contributed by atoms with Crippen LogP contribution in [0.3, 0.4) is 0 Å². The minimum Gasteiger partial charge on any atom is -0.483 e. The van der Waals surface area contributed by atoms with Gasteiger partial charge in [0, 0.05) is 39.9 Å². The zero-order valence-corrected chi connectivity index (χ0v) is 11.9. The predicted octanol–water partition coefficient (Wildman–Crippen LogP) is 0.271. The molecule has 6 heteroatoms. The van der Waals surface area contributed by atoms with Crippen LogP contribution in [0.4, 0.5) is 0 Å². The smallest absolute Gasteiger partial charge is 0.157 e. The molecule has 0 saturated carbocycles. The average molecular weight is 281 g/mol. The third-order valence-electron chi connectivity index (χ3n) is 4.14. The molecule has 0 spiro atoms. The van der Waals surface area contributed by atoms with Gasteiger partial charge in [-0.1, -0.05) is 0 Å². The lowest BCUT2D eigenvalue weighted by Crippen LogP contribution is -2.32. The molecule has 2 saturated heterocycles. The molecule has 20 heavy (non-hydrogen) atoms. The SMILES string of the molecule is Cn1cc(O[C@@H]2CN(CC3CCOCC3)C[C@H]2O)cn1. The number of aliphatic hydroxyl groups excluding tert-OH is 1. The van der Waals surface area contributed by atoms with E-state index in [1.165, 1.54) is 0 Å². The molecule has 1 N–H and O–H groups in total. The summed E-state index contributed by atoms with van der Waals surface area (Å²) >= 11 is 0. The highest BCUT2D eigenvalue weighted by atomic mass is 16.5. The summed E-state index contributed by atoms with van der Waals surface area (Å²) in [6, 6.07) is 0. The number of ether oxygens (including phenoxy) is 2. The largest absolute Gasteiger partial charge is 0.483 e. The van der Waals surface area contributed by atoms with E-state index in [1.807, 2.05) is 13.2 Å². The third kappa shape index (κ3) is 3.31. The molecule has 6 nitrogen and oxygen atoms in total. The molecule has 3 heterocycles. The number of hydrogen-bond acceptors (Lipinski definition) is 5. The predicted molar refractivity (Wildman–Crippen MR) is 73.6 cm³/mol. The molecule has 1 aromatic heterocycles. The number of aliphatic hydroxyl groups is 1. The van der Waals surface area contributed by atoms with Crippen molar-refractivity contribution in [1.82, 2.24) is 14.7 Å². The lowest BCUT2D eigenvalue weighted by atomic mass is 10.00. The Morgan fingerprint density at radius 3 is 2.90 bits per heavy atom. The zero-order chi connectivity index (χ0) is 13.9. The Balaban J connectivity index is 1.50. The molecule has 2 aliphatic rings. The Bertz CT molecular complexity index is 431. The first-order chi connectivity index (χ1) is 9.70. The van der Waals surface area contributed by atoms with E-state index in [0.29, 0.717) is 12.5 Å². The van der Waals surface area contributed by atoms with E-state index >= 15 is 0 Å². The molecular formula is C14H23N3O3. The van der Waals surface area contributed by atoms with Gasteiger partial charge in [0.15, 0.2) is 5.75 Å². The van der Waals surface area contributed by atoms with Gasteiger partial charge >= 0.3 is 0 Å². The number of nitrogens with zero attached hydrogens (tertiary/aromatic N) is 3. The van der Waals surface area contributed by atoms with E-state index in [2.05, 4.69) is 10.00 Å². The molecule has 0 bridgehead atoms. The second-order valence-corrected chi connectivity index (χ2v) is 5.85. The first-order valence-corrected chi connectivity index (χ1v) is 7.34. The van der Waals surface area contributed by atoms with Crippen LogP contribution in [0.15, 0.2) is 12.4 Å². The lowest BCUT2D eigenvalue weighted by Gasteiger charge is -2.26. The number of rotatable bonds is 4. The van der Waals surface area contributed by atoms with Gasteiger partial charge in [0.1, 0.15) is 12.2 Å². The Labute approximate surface area is 119 Å². The molecule has 0 aliphatic carbocycles. The van der Waals surface area contributed by atoms with Gasteiger partial charge in [0.05, 0.1) is 12.4 Å². The lowest BCUT2D eigenvalue weighted by molar-refractivity contribution is 0.0538. The van der Waals surface area contributed by atoms with Gasteiger partial charge in [0.2, 0.25) is 0 Å². The molecular weight excluding hydrogens is 258 g/mol. The number of aryl methyl sites for hydroxylation is 1. The minimum atomic E-state index is -0.421. The quantitative estimate of drug-likeness (QED) is 0.858. The van der Waals surface area contributed by atoms with E-state index in [9.17, 15) is 5.11 Å². The summed E-state index contributed by atoms with van der Waals surface area (Å²) in [5, 5.41) is 14.2. The van der Waals surface area contributed by atoms with Crippen LogP contribution in [-0.2, 0) is 11.8 Å². The van der Waals surface area contributed by atoms with Gasteiger partial charge < -0.3 is 14.6 Å². The summed E-state index contributed by atoms with van der Waals surface area (Å²) < 4.78 is 12.9. The second-order valence-electron chi connectivity index (χ2n) is 5.85. The van der Waals surface area contributed by atoms with Crippen molar-refractivity contribution < 1.29 is 14.6 Å². The van der Waals surface area contributed by atoms with Crippen molar-refractivity contribution in [1.29, 1.82) is 0 Å². The van der Waals surface area contributed by atoms with E-state index in [0.717, 1.165) is 44.9 Å². The zero-order valence-electron chi connectivity index (χ0n) is 11.9. The molecule has 112 valence electrons. The van der Waals surface area contributed by atoms with Crippen molar-refractivity contribution >= 4 is 0 Å². The molecule has 2 fully saturated rings. The fourth-order valence-corrected chi connectivity index (χ4v) is 3.03. The summed E-state index contributed by atoms with van der Waals surface area (Å²) in [6.07, 6.45) is 5.19.